The second kappa shape index (κ2) is 3.44. The van der Waals surface area contributed by atoms with Crippen LogP contribution in [0.5, 0.6) is 0 Å². The standard InChI is InChI=1S/C11H9N5O/c12-10(17)11-15-14-6-16(11)9-5-13-8-4-2-1-3-7(8)9/h1-6,13H,(H2,12,17). The summed E-state index contributed by atoms with van der Waals surface area (Å²) in [5.74, 6) is -0.484. The number of nitrogens with two attached hydrogens (primary N) is 1. The van der Waals surface area contributed by atoms with E-state index in [9.17, 15) is 4.79 Å². The summed E-state index contributed by atoms with van der Waals surface area (Å²) in [6.07, 6.45) is 3.26. The SMILES string of the molecule is NC(=O)c1nncn1-c1c[nH]c2ccccc12. The Balaban J connectivity index is 2.28. The van der Waals surface area contributed by atoms with Gasteiger partial charge in [-0.1, -0.05) is 18.2 Å². The molecule has 0 bridgehead atoms. The first-order valence-electron chi connectivity index (χ1n) is 5.03. The van der Waals surface area contributed by atoms with Gasteiger partial charge < -0.3 is 10.7 Å². The van der Waals surface area contributed by atoms with Crippen molar-refractivity contribution in [3.05, 3.63) is 42.6 Å². The van der Waals surface area contributed by atoms with Crippen LogP contribution in [0.15, 0.2) is 36.8 Å². The first-order valence-corrected chi connectivity index (χ1v) is 5.03. The van der Waals surface area contributed by atoms with Crippen LogP contribution >= 0.6 is 0 Å². The van der Waals surface area contributed by atoms with Crippen LogP contribution in [0.25, 0.3) is 16.6 Å². The highest BCUT2D eigenvalue weighted by atomic mass is 16.1. The number of nitrogens with zero attached hydrogens (tertiary/aromatic N) is 3. The number of hydrogen-bond donors (Lipinski definition) is 2. The van der Waals surface area contributed by atoms with Crippen molar-refractivity contribution in [2.75, 3.05) is 0 Å². The van der Waals surface area contributed by atoms with E-state index in [1.807, 2.05) is 24.3 Å². The predicted octanol–water partition coefficient (Wildman–Crippen LogP) is 0.847. The minimum atomic E-state index is -0.604. The van der Waals surface area contributed by atoms with Gasteiger partial charge >= 0.3 is 0 Å². The second-order valence-electron chi connectivity index (χ2n) is 3.61. The molecular weight excluding hydrogens is 218 g/mol. The van der Waals surface area contributed by atoms with Gasteiger partial charge in [0.05, 0.1) is 5.69 Å². The largest absolute Gasteiger partial charge is 0.363 e. The van der Waals surface area contributed by atoms with Gasteiger partial charge in [0, 0.05) is 17.1 Å². The molecule has 0 unspecified atom stereocenters. The van der Waals surface area contributed by atoms with E-state index < -0.39 is 5.91 Å². The lowest BCUT2D eigenvalue weighted by Crippen LogP contribution is -2.17. The molecule has 0 saturated carbocycles. The van der Waals surface area contributed by atoms with Crippen LogP contribution in [-0.4, -0.2) is 25.7 Å². The van der Waals surface area contributed by atoms with Crippen LogP contribution in [0.4, 0.5) is 0 Å². The Morgan fingerprint density at radius 3 is 3.00 bits per heavy atom. The van der Waals surface area contributed by atoms with Gasteiger partial charge in [-0.3, -0.25) is 9.36 Å². The second-order valence-corrected chi connectivity index (χ2v) is 3.61. The van der Waals surface area contributed by atoms with Gasteiger partial charge in [0.15, 0.2) is 0 Å². The molecule has 0 atom stereocenters. The number of H-pyrrole nitrogens is 1. The smallest absolute Gasteiger partial charge is 0.287 e. The fraction of sp³-hybridized carbons (Fsp3) is 0. The van der Waals surface area contributed by atoms with Crippen molar-refractivity contribution >= 4 is 16.8 Å². The molecule has 84 valence electrons. The molecule has 0 saturated heterocycles. The molecule has 0 radical (unpaired) electrons. The van der Waals surface area contributed by atoms with Gasteiger partial charge in [-0.25, -0.2) is 0 Å². The molecular formula is C11H9N5O. The van der Waals surface area contributed by atoms with Crippen LogP contribution in [0.2, 0.25) is 0 Å². The number of carbonyl (C=O) groups is 1. The molecule has 2 heterocycles. The molecule has 0 spiro atoms. The summed E-state index contributed by atoms with van der Waals surface area (Å²) in [5.41, 5.74) is 7.02. The Hall–Kier alpha value is -2.63. The summed E-state index contributed by atoms with van der Waals surface area (Å²) >= 11 is 0. The van der Waals surface area contributed by atoms with E-state index in [-0.39, 0.29) is 5.82 Å². The van der Waals surface area contributed by atoms with Gasteiger partial charge in [0.2, 0.25) is 5.82 Å². The number of para-hydroxylation sites is 1. The van der Waals surface area contributed by atoms with Gasteiger partial charge in [-0.15, -0.1) is 10.2 Å². The minimum absolute atomic E-state index is 0.120. The number of hydrogen-bond acceptors (Lipinski definition) is 3. The average molecular weight is 227 g/mol. The van der Waals surface area contributed by atoms with Crippen molar-refractivity contribution in [1.82, 2.24) is 19.7 Å². The van der Waals surface area contributed by atoms with E-state index in [4.69, 9.17) is 5.73 Å². The number of amides is 1. The molecule has 0 aliphatic heterocycles. The zero-order valence-corrected chi connectivity index (χ0v) is 8.79. The van der Waals surface area contributed by atoms with E-state index in [0.717, 1.165) is 16.6 Å². The molecule has 3 aromatic rings. The fourth-order valence-electron chi connectivity index (χ4n) is 1.83. The van der Waals surface area contributed by atoms with Crippen LogP contribution in [0.1, 0.15) is 10.6 Å². The maximum Gasteiger partial charge on any atom is 0.287 e. The summed E-state index contributed by atoms with van der Waals surface area (Å²) < 4.78 is 1.57. The number of carbonyl (C=O) groups excluding carboxylic acids is 1. The third-order valence-electron chi connectivity index (χ3n) is 2.60. The molecule has 17 heavy (non-hydrogen) atoms. The minimum Gasteiger partial charge on any atom is -0.363 e. The monoisotopic (exact) mass is 227 g/mol. The molecule has 0 aliphatic rings. The average Bonchev–Trinajstić information content (AvgIpc) is 2.94. The van der Waals surface area contributed by atoms with Crippen molar-refractivity contribution in [2.24, 2.45) is 5.73 Å². The number of primary amides is 1. The molecule has 6 heteroatoms. The summed E-state index contributed by atoms with van der Waals surface area (Å²) in [6, 6.07) is 7.76. The van der Waals surface area contributed by atoms with E-state index in [1.54, 1.807) is 10.8 Å². The Bertz CT molecular complexity index is 697. The van der Waals surface area contributed by atoms with Crippen LogP contribution in [-0.2, 0) is 0 Å². The Morgan fingerprint density at radius 2 is 2.18 bits per heavy atom. The maximum absolute atomic E-state index is 11.2. The predicted molar refractivity (Wildman–Crippen MR) is 61.7 cm³/mol. The first kappa shape index (κ1) is 9.59. The number of fused-ring (bicyclic) bond motifs is 1. The van der Waals surface area contributed by atoms with E-state index in [0.29, 0.717) is 0 Å². The highest BCUT2D eigenvalue weighted by Gasteiger charge is 2.14. The zero-order valence-electron chi connectivity index (χ0n) is 8.79. The van der Waals surface area contributed by atoms with Gasteiger partial charge in [-0.2, -0.15) is 0 Å². The number of aromatic amines is 1. The maximum atomic E-state index is 11.2. The van der Waals surface area contributed by atoms with Crippen molar-refractivity contribution in [3.8, 4) is 5.69 Å². The topological polar surface area (TPSA) is 89.6 Å². The van der Waals surface area contributed by atoms with E-state index in [2.05, 4.69) is 15.2 Å². The van der Waals surface area contributed by atoms with Gasteiger partial charge in [-0.05, 0) is 6.07 Å². The molecule has 0 aliphatic carbocycles. The number of rotatable bonds is 2. The highest BCUT2D eigenvalue weighted by molar-refractivity contribution is 5.93. The summed E-state index contributed by atoms with van der Waals surface area (Å²) in [6.45, 7) is 0. The van der Waals surface area contributed by atoms with Crippen molar-refractivity contribution < 1.29 is 4.79 Å². The third-order valence-corrected chi connectivity index (χ3v) is 2.60. The summed E-state index contributed by atoms with van der Waals surface area (Å²) in [5, 5.41) is 8.39. The van der Waals surface area contributed by atoms with Gasteiger partial charge in [0.25, 0.3) is 5.91 Å². The zero-order chi connectivity index (χ0) is 11.8. The van der Waals surface area contributed by atoms with Gasteiger partial charge in [0.1, 0.15) is 6.33 Å². The number of aromatic nitrogens is 4. The molecule has 3 rings (SSSR count). The summed E-state index contributed by atoms with van der Waals surface area (Å²) in [7, 11) is 0. The molecule has 6 nitrogen and oxygen atoms in total. The van der Waals surface area contributed by atoms with E-state index in [1.165, 1.54) is 6.33 Å². The molecule has 2 aromatic heterocycles. The molecule has 1 amide bonds. The van der Waals surface area contributed by atoms with E-state index >= 15 is 0 Å². The summed E-state index contributed by atoms with van der Waals surface area (Å²) in [4.78, 5) is 14.3. The lowest BCUT2D eigenvalue weighted by molar-refractivity contribution is 0.0988. The Labute approximate surface area is 96.1 Å². The quantitative estimate of drug-likeness (QED) is 0.680. The lowest BCUT2D eigenvalue weighted by Gasteiger charge is -2.01. The first-order chi connectivity index (χ1) is 8.27. The van der Waals surface area contributed by atoms with Crippen LogP contribution in [0.3, 0.4) is 0 Å². The molecule has 0 fully saturated rings. The van der Waals surface area contributed by atoms with Crippen molar-refractivity contribution in [2.45, 2.75) is 0 Å². The van der Waals surface area contributed by atoms with Crippen molar-refractivity contribution in [3.63, 3.8) is 0 Å². The number of nitrogens with one attached hydrogen (secondary N) is 1. The lowest BCUT2D eigenvalue weighted by atomic mass is 10.2. The fourth-order valence-corrected chi connectivity index (χ4v) is 1.83. The Kier molecular flexibility index (Phi) is 1.94. The normalized spacial score (nSPS) is 10.8. The third kappa shape index (κ3) is 1.38. The molecule has 3 N–H and O–H groups in total. The van der Waals surface area contributed by atoms with Crippen LogP contribution in [0, 0.1) is 0 Å². The van der Waals surface area contributed by atoms with Crippen molar-refractivity contribution in [1.29, 1.82) is 0 Å². The number of benzene rings is 1. The molecule has 1 aromatic carbocycles. The van der Waals surface area contributed by atoms with Crippen LogP contribution < -0.4 is 5.73 Å². The highest BCUT2D eigenvalue weighted by Crippen LogP contribution is 2.21. The Morgan fingerprint density at radius 1 is 1.35 bits per heavy atom.